The normalized spacial score (nSPS) is 17.3. The zero-order valence-electron chi connectivity index (χ0n) is 18.2. The van der Waals surface area contributed by atoms with E-state index in [0.717, 1.165) is 11.3 Å². The average Bonchev–Trinajstić information content (AvgIpc) is 2.75. The third-order valence-corrected chi connectivity index (χ3v) is 7.78. The number of rotatable bonds is 8. The predicted molar refractivity (Wildman–Crippen MR) is 127 cm³/mol. The summed E-state index contributed by atoms with van der Waals surface area (Å²) in [6.45, 7) is 4.83. The molecular weight excluding hydrogens is 471 g/mol. The second kappa shape index (κ2) is 10.9. The number of hydrogen-bond acceptors (Lipinski definition) is 4. The van der Waals surface area contributed by atoms with Gasteiger partial charge >= 0.3 is 0 Å². The van der Waals surface area contributed by atoms with Crippen molar-refractivity contribution >= 4 is 39.1 Å². The minimum atomic E-state index is -3.66. The van der Waals surface area contributed by atoms with Gasteiger partial charge in [0.1, 0.15) is 5.75 Å². The number of halogens is 2. The number of nitrogens with zero attached hydrogens (tertiary/aromatic N) is 1. The minimum absolute atomic E-state index is 0.0972. The van der Waals surface area contributed by atoms with Crippen molar-refractivity contribution < 1.29 is 17.9 Å². The molecule has 1 aliphatic heterocycles. The van der Waals surface area contributed by atoms with Crippen LogP contribution < -0.4 is 10.1 Å². The van der Waals surface area contributed by atoms with Gasteiger partial charge in [-0.3, -0.25) is 4.79 Å². The van der Waals surface area contributed by atoms with Crippen LogP contribution in [0.4, 0.5) is 0 Å². The molecule has 1 amide bonds. The first kappa shape index (κ1) is 24.8. The number of carbonyl (C=O) groups excluding carboxylic acids is 1. The van der Waals surface area contributed by atoms with Gasteiger partial charge in [0.15, 0.2) is 0 Å². The van der Waals surface area contributed by atoms with Gasteiger partial charge < -0.3 is 10.1 Å². The second-order valence-corrected chi connectivity index (χ2v) is 11.0. The SMILES string of the molecule is CC(C)Oc1ccc(CNC(=O)[C@H]2CCCN(S(=O)(=O)Cc3c(Cl)cccc3Cl)C2)cc1. The largest absolute Gasteiger partial charge is 0.491 e. The highest BCUT2D eigenvalue weighted by atomic mass is 35.5. The summed E-state index contributed by atoms with van der Waals surface area (Å²) in [6.07, 6.45) is 1.36. The Balaban J connectivity index is 1.58. The lowest BCUT2D eigenvalue weighted by molar-refractivity contribution is -0.126. The molecule has 174 valence electrons. The van der Waals surface area contributed by atoms with E-state index in [9.17, 15) is 13.2 Å². The summed E-state index contributed by atoms with van der Waals surface area (Å²) in [5.74, 6) is -0.0567. The van der Waals surface area contributed by atoms with E-state index in [1.807, 2.05) is 38.1 Å². The number of benzene rings is 2. The Morgan fingerprint density at radius 2 is 1.81 bits per heavy atom. The Labute approximate surface area is 199 Å². The number of piperidine rings is 1. The first-order valence-electron chi connectivity index (χ1n) is 10.6. The van der Waals surface area contributed by atoms with Crippen LogP contribution in [0.2, 0.25) is 10.0 Å². The number of carbonyl (C=O) groups is 1. The van der Waals surface area contributed by atoms with Crippen molar-refractivity contribution in [1.29, 1.82) is 0 Å². The van der Waals surface area contributed by atoms with Gasteiger partial charge in [-0.05, 0) is 56.5 Å². The fourth-order valence-electron chi connectivity index (χ4n) is 3.64. The van der Waals surface area contributed by atoms with Crippen LogP contribution in [-0.4, -0.2) is 37.8 Å². The van der Waals surface area contributed by atoms with E-state index < -0.39 is 15.9 Å². The molecule has 1 aliphatic rings. The molecule has 2 aromatic carbocycles. The van der Waals surface area contributed by atoms with Crippen molar-refractivity contribution in [3.63, 3.8) is 0 Å². The monoisotopic (exact) mass is 498 g/mol. The van der Waals surface area contributed by atoms with Gasteiger partial charge in [0.25, 0.3) is 0 Å². The number of sulfonamides is 1. The van der Waals surface area contributed by atoms with Crippen molar-refractivity contribution in [2.45, 2.75) is 45.1 Å². The Hall–Kier alpha value is -1.80. The summed E-state index contributed by atoms with van der Waals surface area (Å²) in [6, 6.07) is 12.5. The topological polar surface area (TPSA) is 75.7 Å². The number of ether oxygens (including phenoxy) is 1. The lowest BCUT2D eigenvalue weighted by atomic mass is 9.99. The van der Waals surface area contributed by atoms with Crippen molar-refractivity contribution in [2.24, 2.45) is 5.92 Å². The maximum atomic E-state index is 13.0. The zero-order valence-corrected chi connectivity index (χ0v) is 20.5. The van der Waals surface area contributed by atoms with E-state index in [2.05, 4.69) is 5.32 Å². The van der Waals surface area contributed by atoms with Crippen LogP contribution in [0.1, 0.15) is 37.8 Å². The van der Waals surface area contributed by atoms with Gasteiger partial charge in [0.05, 0.1) is 17.8 Å². The average molecular weight is 499 g/mol. The Morgan fingerprint density at radius 3 is 2.44 bits per heavy atom. The number of hydrogen-bond donors (Lipinski definition) is 1. The fourth-order valence-corrected chi connectivity index (χ4v) is 6.01. The van der Waals surface area contributed by atoms with Crippen LogP contribution in [0.5, 0.6) is 5.75 Å². The zero-order chi connectivity index (χ0) is 23.3. The molecule has 0 saturated carbocycles. The van der Waals surface area contributed by atoms with Gasteiger partial charge in [-0.2, -0.15) is 0 Å². The van der Waals surface area contributed by atoms with E-state index in [4.69, 9.17) is 27.9 Å². The Bertz CT molecular complexity index is 1020. The molecule has 0 radical (unpaired) electrons. The number of amides is 1. The molecule has 0 aliphatic carbocycles. The van der Waals surface area contributed by atoms with Gasteiger partial charge in [0, 0.05) is 35.2 Å². The molecule has 0 bridgehead atoms. The minimum Gasteiger partial charge on any atom is -0.491 e. The van der Waals surface area contributed by atoms with Crippen LogP contribution in [0.25, 0.3) is 0 Å². The van der Waals surface area contributed by atoms with E-state index in [-0.39, 0.29) is 24.3 Å². The van der Waals surface area contributed by atoms with Crippen LogP contribution in [0, 0.1) is 5.92 Å². The molecule has 1 heterocycles. The molecular formula is C23H28Cl2N2O4S. The van der Waals surface area contributed by atoms with Crippen LogP contribution >= 0.6 is 23.2 Å². The highest BCUT2D eigenvalue weighted by Crippen LogP contribution is 2.29. The molecule has 0 aromatic heterocycles. The van der Waals surface area contributed by atoms with Crippen molar-refractivity contribution in [3.8, 4) is 5.75 Å². The first-order chi connectivity index (χ1) is 15.2. The standard InChI is InChI=1S/C23H28Cl2N2O4S/c1-16(2)31-19-10-8-17(9-11-19)13-26-23(28)18-5-4-12-27(14-18)32(29,30)15-20-21(24)6-3-7-22(20)25/h3,6-11,16,18H,4-5,12-15H2,1-2H3,(H,26,28)/t18-/m0/s1. The van der Waals surface area contributed by atoms with E-state index in [1.165, 1.54) is 4.31 Å². The molecule has 3 rings (SSSR count). The van der Waals surface area contributed by atoms with Crippen LogP contribution in [-0.2, 0) is 27.1 Å². The maximum absolute atomic E-state index is 13.0. The summed E-state index contributed by atoms with van der Waals surface area (Å²) in [4.78, 5) is 12.7. The first-order valence-corrected chi connectivity index (χ1v) is 13.0. The Morgan fingerprint density at radius 1 is 1.16 bits per heavy atom. The van der Waals surface area contributed by atoms with Crippen molar-refractivity contribution in [3.05, 3.63) is 63.6 Å². The molecule has 1 saturated heterocycles. The summed E-state index contributed by atoms with van der Waals surface area (Å²) < 4.78 is 33.0. The highest BCUT2D eigenvalue weighted by molar-refractivity contribution is 7.88. The van der Waals surface area contributed by atoms with E-state index >= 15 is 0 Å². The lowest BCUT2D eigenvalue weighted by Crippen LogP contribution is -2.45. The third-order valence-electron chi connectivity index (χ3n) is 5.30. The molecule has 1 atom stereocenters. The second-order valence-electron chi connectivity index (χ2n) is 8.18. The molecule has 1 fully saturated rings. The van der Waals surface area contributed by atoms with E-state index in [1.54, 1.807) is 18.2 Å². The summed E-state index contributed by atoms with van der Waals surface area (Å²) in [5, 5.41) is 3.56. The quantitative estimate of drug-likeness (QED) is 0.575. The molecule has 6 nitrogen and oxygen atoms in total. The number of nitrogens with one attached hydrogen (secondary N) is 1. The van der Waals surface area contributed by atoms with Gasteiger partial charge in [-0.15, -0.1) is 0 Å². The van der Waals surface area contributed by atoms with E-state index in [0.29, 0.717) is 41.5 Å². The van der Waals surface area contributed by atoms with Crippen LogP contribution in [0.3, 0.4) is 0 Å². The molecule has 0 unspecified atom stereocenters. The van der Waals surface area contributed by atoms with Crippen molar-refractivity contribution in [1.82, 2.24) is 9.62 Å². The smallest absolute Gasteiger partial charge is 0.224 e. The maximum Gasteiger partial charge on any atom is 0.224 e. The van der Waals surface area contributed by atoms with Gasteiger partial charge in [-0.25, -0.2) is 12.7 Å². The molecule has 1 N–H and O–H groups in total. The molecule has 2 aromatic rings. The molecule has 32 heavy (non-hydrogen) atoms. The summed E-state index contributed by atoms with van der Waals surface area (Å²) in [5.41, 5.74) is 1.33. The molecule has 0 spiro atoms. The Kier molecular flexibility index (Phi) is 8.44. The van der Waals surface area contributed by atoms with Gasteiger partial charge in [0.2, 0.25) is 15.9 Å². The van der Waals surface area contributed by atoms with Gasteiger partial charge in [-0.1, -0.05) is 41.4 Å². The third kappa shape index (κ3) is 6.61. The molecule has 9 heteroatoms. The highest BCUT2D eigenvalue weighted by Gasteiger charge is 2.33. The fraction of sp³-hybridized carbons (Fsp3) is 0.435. The predicted octanol–water partition coefficient (Wildman–Crippen LogP) is 4.64. The summed E-state index contributed by atoms with van der Waals surface area (Å²) in [7, 11) is -3.66. The van der Waals surface area contributed by atoms with Crippen LogP contribution in [0.15, 0.2) is 42.5 Å². The summed E-state index contributed by atoms with van der Waals surface area (Å²) >= 11 is 12.3. The lowest BCUT2D eigenvalue weighted by Gasteiger charge is -2.31. The van der Waals surface area contributed by atoms with Crippen molar-refractivity contribution in [2.75, 3.05) is 13.1 Å².